The van der Waals surface area contributed by atoms with Gasteiger partial charge in [0.2, 0.25) is 0 Å². The molecular formula is C16H16N2OS. The Labute approximate surface area is 122 Å². The van der Waals surface area contributed by atoms with Gasteiger partial charge in [0.25, 0.3) is 5.91 Å². The molecule has 4 heteroatoms. The number of benzene rings is 1. The molecule has 20 heavy (non-hydrogen) atoms. The van der Waals surface area contributed by atoms with E-state index in [4.69, 9.17) is 0 Å². The lowest BCUT2D eigenvalue weighted by Gasteiger charge is -2.02. The summed E-state index contributed by atoms with van der Waals surface area (Å²) in [4.78, 5) is 17.9. The Morgan fingerprint density at radius 3 is 2.85 bits per heavy atom. The summed E-state index contributed by atoms with van der Waals surface area (Å²) in [6, 6.07) is 9.85. The normalized spacial score (nSPS) is 14.2. The highest BCUT2D eigenvalue weighted by Gasteiger charge is 2.17. The number of nitrogens with zero attached hydrogens (tertiary/aromatic N) is 1. The van der Waals surface area contributed by atoms with Crippen LogP contribution in [0.5, 0.6) is 0 Å². The van der Waals surface area contributed by atoms with Crippen LogP contribution in [0.4, 0.5) is 5.13 Å². The van der Waals surface area contributed by atoms with Gasteiger partial charge >= 0.3 is 0 Å². The number of hydrogen-bond donors (Lipinski definition) is 1. The van der Waals surface area contributed by atoms with Crippen LogP contribution in [0.2, 0.25) is 0 Å². The van der Waals surface area contributed by atoms with Crippen molar-refractivity contribution < 1.29 is 4.79 Å². The van der Waals surface area contributed by atoms with Crippen molar-refractivity contribution in [1.82, 2.24) is 4.98 Å². The van der Waals surface area contributed by atoms with Gasteiger partial charge in [0.05, 0.1) is 5.69 Å². The van der Waals surface area contributed by atoms with Crippen LogP contribution >= 0.6 is 11.3 Å². The Balaban J connectivity index is 1.71. The van der Waals surface area contributed by atoms with E-state index in [1.807, 2.05) is 43.3 Å². The fraction of sp³-hybridized carbons (Fsp3) is 0.250. The van der Waals surface area contributed by atoms with Gasteiger partial charge in [0.1, 0.15) is 0 Å². The molecule has 0 saturated carbocycles. The predicted molar refractivity (Wildman–Crippen MR) is 82.9 cm³/mol. The SMILES string of the molecule is CC(=Cc1ccccc1)C(=O)Nc1nc2c(s1)CCC2. The fourth-order valence-electron chi connectivity index (χ4n) is 2.30. The highest BCUT2D eigenvalue weighted by molar-refractivity contribution is 7.16. The zero-order chi connectivity index (χ0) is 13.9. The number of nitrogens with one attached hydrogen (secondary N) is 1. The molecule has 1 aromatic carbocycles. The van der Waals surface area contributed by atoms with Gasteiger partial charge in [0, 0.05) is 10.5 Å². The summed E-state index contributed by atoms with van der Waals surface area (Å²) in [5, 5.41) is 3.61. The van der Waals surface area contributed by atoms with E-state index >= 15 is 0 Å². The highest BCUT2D eigenvalue weighted by Crippen LogP contribution is 2.30. The fourth-order valence-corrected chi connectivity index (χ4v) is 3.35. The van der Waals surface area contributed by atoms with Gasteiger partial charge < -0.3 is 0 Å². The number of fused-ring (bicyclic) bond motifs is 1. The zero-order valence-electron chi connectivity index (χ0n) is 11.3. The minimum Gasteiger partial charge on any atom is -0.298 e. The van der Waals surface area contributed by atoms with Crippen LogP contribution in [0.25, 0.3) is 6.08 Å². The molecule has 1 amide bonds. The first-order valence-electron chi connectivity index (χ1n) is 6.75. The molecule has 0 bridgehead atoms. The molecule has 0 spiro atoms. The molecule has 1 heterocycles. The molecule has 102 valence electrons. The van der Waals surface area contributed by atoms with Crippen molar-refractivity contribution in [1.29, 1.82) is 0 Å². The van der Waals surface area contributed by atoms with E-state index in [-0.39, 0.29) is 5.91 Å². The number of carbonyl (C=O) groups excluding carboxylic acids is 1. The minimum atomic E-state index is -0.0822. The molecule has 3 nitrogen and oxygen atoms in total. The maximum atomic E-state index is 12.1. The van der Waals surface area contributed by atoms with Crippen molar-refractivity contribution in [2.45, 2.75) is 26.2 Å². The molecule has 0 unspecified atom stereocenters. The quantitative estimate of drug-likeness (QED) is 0.874. The van der Waals surface area contributed by atoms with Gasteiger partial charge in [0.15, 0.2) is 5.13 Å². The van der Waals surface area contributed by atoms with Crippen LogP contribution in [0, 0.1) is 0 Å². The van der Waals surface area contributed by atoms with Crippen molar-refractivity contribution in [2.75, 3.05) is 5.32 Å². The monoisotopic (exact) mass is 284 g/mol. The highest BCUT2D eigenvalue weighted by atomic mass is 32.1. The van der Waals surface area contributed by atoms with Crippen LogP contribution in [0.15, 0.2) is 35.9 Å². The molecule has 1 aromatic heterocycles. The molecule has 1 aliphatic rings. The molecule has 2 aromatic rings. The number of amides is 1. The third kappa shape index (κ3) is 2.80. The second-order valence-electron chi connectivity index (χ2n) is 4.93. The maximum absolute atomic E-state index is 12.1. The van der Waals surface area contributed by atoms with E-state index in [9.17, 15) is 4.79 Å². The van der Waals surface area contributed by atoms with E-state index in [0.29, 0.717) is 5.57 Å². The van der Waals surface area contributed by atoms with E-state index in [2.05, 4.69) is 10.3 Å². The van der Waals surface area contributed by atoms with Crippen LogP contribution in [0.1, 0.15) is 29.5 Å². The standard InChI is InChI=1S/C16H16N2OS/c1-11(10-12-6-3-2-4-7-12)15(19)18-16-17-13-8-5-9-14(13)20-16/h2-4,6-7,10H,5,8-9H2,1H3,(H,17,18,19). The summed E-state index contributed by atoms with van der Waals surface area (Å²) in [6.45, 7) is 1.82. The van der Waals surface area contributed by atoms with Gasteiger partial charge in [-0.15, -0.1) is 11.3 Å². The number of carbonyl (C=O) groups is 1. The van der Waals surface area contributed by atoms with Crippen molar-refractivity contribution in [3.8, 4) is 0 Å². The third-order valence-electron chi connectivity index (χ3n) is 3.36. The lowest BCUT2D eigenvalue weighted by Crippen LogP contribution is -2.12. The summed E-state index contributed by atoms with van der Waals surface area (Å²) in [6.07, 6.45) is 5.22. The van der Waals surface area contributed by atoms with Crippen molar-refractivity contribution in [3.63, 3.8) is 0 Å². The third-order valence-corrected chi connectivity index (χ3v) is 4.43. The average Bonchev–Trinajstić information content (AvgIpc) is 3.00. The number of anilines is 1. The largest absolute Gasteiger partial charge is 0.298 e. The Hall–Kier alpha value is -1.94. The first-order valence-corrected chi connectivity index (χ1v) is 7.57. The molecular weight excluding hydrogens is 268 g/mol. The summed E-state index contributed by atoms with van der Waals surface area (Å²) < 4.78 is 0. The van der Waals surface area contributed by atoms with Crippen LogP contribution in [-0.2, 0) is 17.6 Å². The number of aryl methyl sites for hydroxylation is 2. The van der Waals surface area contributed by atoms with Crippen LogP contribution in [0.3, 0.4) is 0 Å². The Bertz CT molecular complexity index is 637. The lowest BCUT2D eigenvalue weighted by molar-refractivity contribution is -0.112. The van der Waals surface area contributed by atoms with Crippen molar-refractivity contribution in [2.24, 2.45) is 0 Å². The Morgan fingerprint density at radius 1 is 1.30 bits per heavy atom. The van der Waals surface area contributed by atoms with Crippen LogP contribution in [-0.4, -0.2) is 10.9 Å². The molecule has 1 N–H and O–H groups in total. The number of aromatic nitrogens is 1. The smallest absolute Gasteiger partial charge is 0.253 e. The molecule has 0 radical (unpaired) electrons. The average molecular weight is 284 g/mol. The lowest BCUT2D eigenvalue weighted by atomic mass is 10.1. The maximum Gasteiger partial charge on any atom is 0.253 e. The number of thiazole rings is 1. The number of rotatable bonds is 3. The van der Waals surface area contributed by atoms with Gasteiger partial charge in [-0.3, -0.25) is 10.1 Å². The van der Waals surface area contributed by atoms with E-state index in [1.165, 1.54) is 11.3 Å². The summed E-state index contributed by atoms with van der Waals surface area (Å²) in [7, 11) is 0. The first-order chi connectivity index (χ1) is 9.72. The summed E-state index contributed by atoms with van der Waals surface area (Å²) in [5.41, 5.74) is 2.88. The predicted octanol–water partition coefficient (Wildman–Crippen LogP) is 3.67. The van der Waals surface area contributed by atoms with Gasteiger partial charge in [-0.1, -0.05) is 30.3 Å². The van der Waals surface area contributed by atoms with Crippen molar-refractivity contribution >= 4 is 28.5 Å². The molecule has 1 aliphatic carbocycles. The van der Waals surface area contributed by atoms with Crippen molar-refractivity contribution in [3.05, 3.63) is 52.0 Å². The van der Waals surface area contributed by atoms with Crippen LogP contribution < -0.4 is 5.32 Å². The number of hydrogen-bond acceptors (Lipinski definition) is 3. The van der Waals surface area contributed by atoms with E-state index in [0.717, 1.165) is 29.2 Å². The zero-order valence-corrected chi connectivity index (χ0v) is 12.2. The minimum absolute atomic E-state index is 0.0822. The molecule has 0 saturated heterocycles. The Kier molecular flexibility index (Phi) is 3.65. The second-order valence-corrected chi connectivity index (χ2v) is 6.02. The molecule has 0 aliphatic heterocycles. The van der Waals surface area contributed by atoms with Gasteiger partial charge in [-0.05, 0) is 37.8 Å². The second kappa shape index (κ2) is 5.59. The van der Waals surface area contributed by atoms with Gasteiger partial charge in [-0.25, -0.2) is 4.98 Å². The van der Waals surface area contributed by atoms with E-state index < -0.39 is 0 Å². The van der Waals surface area contributed by atoms with E-state index in [1.54, 1.807) is 11.3 Å². The summed E-state index contributed by atoms with van der Waals surface area (Å²) in [5.74, 6) is -0.0822. The molecule has 0 atom stereocenters. The topological polar surface area (TPSA) is 42.0 Å². The Morgan fingerprint density at radius 2 is 2.10 bits per heavy atom. The van der Waals surface area contributed by atoms with Gasteiger partial charge in [-0.2, -0.15) is 0 Å². The summed E-state index contributed by atoms with van der Waals surface area (Å²) >= 11 is 1.60. The first kappa shape index (κ1) is 13.1. The molecule has 0 fully saturated rings. The molecule has 3 rings (SSSR count).